The topological polar surface area (TPSA) is 24.5 Å². The lowest BCUT2D eigenvalue weighted by molar-refractivity contribution is 0.194. The fraction of sp³-hybridized carbons (Fsp3) is 0.667. The Bertz CT molecular complexity index is 494. The molecule has 1 fully saturated rings. The number of anilines is 2. The largest absolute Gasteiger partial charge is 0.385 e. The molecule has 0 radical (unpaired) electrons. The predicted molar refractivity (Wildman–Crippen MR) is 89.3 cm³/mol. The van der Waals surface area contributed by atoms with Crippen LogP contribution in [0.1, 0.15) is 38.7 Å². The van der Waals surface area contributed by atoms with Crippen molar-refractivity contribution in [2.45, 2.75) is 45.6 Å². The van der Waals surface area contributed by atoms with Gasteiger partial charge in [0.1, 0.15) is 0 Å². The summed E-state index contributed by atoms with van der Waals surface area (Å²) in [5, 5.41) is 3.62. The number of methoxy groups -OCH3 is 1. The molecule has 21 heavy (non-hydrogen) atoms. The molecule has 3 rings (SSSR count). The molecule has 1 heterocycles. The number of ether oxygens (including phenoxy) is 1. The van der Waals surface area contributed by atoms with Gasteiger partial charge >= 0.3 is 0 Å². The van der Waals surface area contributed by atoms with E-state index in [1.54, 1.807) is 7.11 Å². The summed E-state index contributed by atoms with van der Waals surface area (Å²) in [6, 6.07) is 7.65. The zero-order valence-electron chi connectivity index (χ0n) is 13.6. The van der Waals surface area contributed by atoms with Crippen LogP contribution in [-0.4, -0.2) is 32.8 Å². The summed E-state index contributed by atoms with van der Waals surface area (Å²) in [6.07, 6.45) is 4.91. The molecule has 1 aliphatic carbocycles. The van der Waals surface area contributed by atoms with E-state index in [0.717, 1.165) is 26.1 Å². The normalized spacial score (nSPS) is 20.2. The van der Waals surface area contributed by atoms with Crippen LogP contribution in [0.25, 0.3) is 0 Å². The van der Waals surface area contributed by atoms with Crippen molar-refractivity contribution in [2.24, 2.45) is 5.41 Å². The highest BCUT2D eigenvalue weighted by atomic mass is 16.5. The average Bonchev–Trinajstić information content (AvgIpc) is 3.22. The van der Waals surface area contributed by atoms with Gasteiger partial charge in [0.15, 0.2) is 0 Å². The van der Waals surface area contributed by atoms with E-state index in [4.69, 9.17) is 4.74 Å². The van der Waals surface area contributed by atoms with Crippen molar-refractivity contribution in [1.82, 2.24) is 0 Å². The van der Waals surface area contributed by atoms with E-state index in [-0.39, 0.29) is 0 Å². The number of hydrogen-bond donors (Lipinski definition) is 1. The quantitative estimate of drug-likeness (QED) is 0.808. The molecule has 1 saturated carbocycles. The number of fused-ring (bicyclic) bond motifs is 1. The minimum atomic E-state index is 0.353. The summed E-state index contributed by atoms with van der Waals surface area (Å²) < 4.78 is 5.22. The van der Waals surface area contributed by atoms with Gasteiger partial charge in [0.2, 0.25) is 0 Å². The van der Waals surface area contributed by atoms with Crippen LogP contribution in [0.2, 0.25) is 0 Å². The zero-order chi connectivity index (χ0) is 14.9. The van der Waals surface area contributed by atoms with Crippen LogP contribution >= 0.6 is 0 Å². The summed E-state index contributed by atoms with van der Waals surface area (Å²) >= 11 is 0. The third-order valence-electron chi connectivity index (χ3n) is 4.44. The van der Waals surface area contributed by atoms with Crippen molar-refractivity contribution < 1.29 is 4.74 Å². The summed E-state index contributed by atoms with van der Waals surface area (Å²) in [4.78, 5) is 2.55. The minimum Gasteiger partial charge on any atom is -0.385 e. The van der Waals surface area contributed by atoms with Crippen LogP contribution in [0.3, 0.4) is 0 Å². The Balaban J connectivity index is 1.79. The Kier molecular flexibility index (Phi) is 4.12. The van der Waals surface area contributed by atoms with Gasteiger partial charge in [0.25, 0.3) is 0 Å². The summed E-state index contributed by atoms with van der Waals surface area (Å²) in [5.74, 6) is 0. The summed E-state index contributed by atoms with van der Waals surface area (Å²) in [7, 11) is 1.78. The van der Waals surface area contributed by atoms with Gasteiger partial charge in [-0.15, -0.1) is 0 Å². The Morgan fingerprint density at radius 1 is 1.33 bits per heavy atom. The van der Waals surface area contributed by atoms with Crippen molar-refractivity contribution in [3.63, 3.8) is 0 Å². The average molecular weight is 288 g/mol. The highest BCUT2D eigenvalue weighted by Crippen LogP contribution is 2.38. The smallest absolute Gasteiger partial charge is 0.0479 e. The highest BCUT2D eigenvalue weighted by Gasteiger charge is 2.30. The first kappa shape index (κ1) is 14.7. The molecule has 116 valence electrons. The fourth-order valence-electron chi connectivity index (χ4n) is 3.33. The van der Waals surface area contributed by atoms with Gasteiger partial charge in [-0.3, -0.25) is 0 Å². The number of nitrogens with zero attached hydrogens (tertiary/aromatic N) is 1. The maximum absolute atomic E-state index is 5.22. The number of rotatable bonds is 6. The SMILES string of the molecule is COCCCN1CC(C)(C)Cc2ccc(NC3CC3)cc21. The second kappa shape index (κ2) is 5.88. The third-order valence-corrected chi connectivity index (χ3v) is 4.44. The molecule has 0 bridgehead atoms. The first-order valence-corrected chi connectivity index (χ1v) is 8.21. The molecule has 0 unspecified atom stereocenters. The summed E-state index contributed by atoms with van der Waals surface area (Å²) in [6.45, 7) is 7.80. The first-order chi connectivity index (χ1) is 10.1. The van der Waals surface area contributed by atoms with Gasteiger partial charge in [-0.1, -0.05) is 19.9 Å². The number of hydrogen-bond acceptors (Lipinski definition) is 3. The minimum absolute atomic E-state index is 0.353. The lowest BCUT2D eigenvalue weighted by atomic mass is 9.81. The standard InChI is InChI=1S/C18H28N2O/c1-18(2)12-14-5-6-16(19-15-7-8-15)11-17(14)20(13-18)9-4-10-21-3/h5-6,11,15,19H,4,7-10,12-13H2,1-3H3. The van der Waals surface area contributed by atoms with Crippen LogP contribution in [0.15, 0.2) is 18.2 Å². The highest BCUT2D eigenvalue weighted by molar-refractivity contribution is 5.65. The molecule has 1 aliphatic heterocycles. The van der Waals surface area contributed by atoms with Crippen molar-refractivity contribution in [3.8, 4) is 0 Å². The molecular formula is C18H28N2O. The van der Waals surface area contributed by atoms with Crippen molar-refractivity contribution >= 4 is 11.4 Å². The molecule has 1 N–H and O–H groups in total. The molecule has 0 amide bonds. The van der Waals surface area contributed by atoms with Crippen LogP contribution in [0.5, 0.6) is 0 Å². The van der Waals surface area contributed by atoms with Gasteiger partial charge in [-0.05, 0) is 48.8 Å². The Morgan fingerprint density at radius 3 is 2.86 bits per heavy atom. The summed E-state index contributed by atoms with van der Waals surface area (Å²) in [5.41, 5.74) is 4.56. The fourth-order valence-corrected chi connectivity index (χ4v) is 3.33. The Hall–Kier alpha value is -1.22. The van der Waals surface area contributed by atoms with Gasteiger partial charge in [0, 0.05) is 44.2 Å². The monoisotopic (exact) mass is 288 g/mol. The van der Waals surface area contributed by atoms with Gasteiger partial charge in [-0.25, -0.2) is 0 Å². The van der Waals surface area contributed by atoms with Crippen molar-refractivity contribution in [3.05, 3.63) is 23.8 Å². The van der Waals surface area contributed by atoms with Crippen LogP contribution in [0.4, 0.5) is 11.4 Å². The zero-order valence-corrected chi connectivity index (χ0v) is 13.6. The molecule has 1 aromatic rings. The van der Waals surface area contributed by atoms with E-state index in [2.05, 4.69) is 42.3 Å². The lowest BCUT2D eigenvalue weighted by Gasteiger charge is -2.41. The molecule has 0 spiro atoms. The van der Waals surface area contributed by atoms with E-state index in [0.29, 0.717) is 11.5 Å². The van der Waals surface area contributed by atoms with Gasteiger partial charge in [-0.2, -0.15) is 0 Å². The second-order valence-electron chi connectivity index (χ2n) is 7.37. The maximum Gasteiger partial charge on any atom is 0.0479 e. The Morgan fingerprint density at radius 2 is 2.14 bits per heavy atom. The first-order valence-electron chi connectivity index (χ1n) is 8.21. The van der Waals surface area contributed by atoms with E-state index in [9.17, 15) is 0 Å². The van der Waals surface area contributed by atoms with E-state index >= 15 is 0 Å². The predicted octanol–water partition coefficient (Wildman–Crippen LogP) is 3.69. The van der Waals surface area contributed by atoms with Crippen LogP contribution in [0, 0.1) is 5.41 Å². The molecule has 3 nitrogen and oxygen atoms in total. The molecule has 0 atom stereocenters. The van der Waals surface area contributed by atoms with Crippen molar-refractivity contribution in [1.29, 1.82) is 0 Å². The number of benzene rings is 1. The molecule has 0 saturated heterocycles. The number of nitrogens with one attached hydrogen (secondary N) is 1. The lowest BCUT2D eigenvalue weighted by Crippen LogP contribution is -2.41. The second-order valence-corrected chi connectivity index (χ2v) is 7.37. The van der Waals surface area contributed by atoms with Gasteiger partial charge in [0.05, 0.1) is 0 Å². The van der Waals surface area contributed by atoms with Crippen LogP contribution < -0.4 is 10.2 Å². The van der Waals surface area contributed by atoms with E-state index in [1.165, 1.54) is 36.2 Å². The van der Waals surface area contributed by atoms with Gasteiger partial charge < -0.3 is 15.0 Å². The van der Waals surface area contributed by atoms with E-state index in [1.807, 2.05) is 0 Å². The third kappa shape index (κ3) is 3.70. The van der Waals surface area contributed by atoms with Crippen molar-refractivity contribution in [2.75, 3.05) is 37.0 Å². The Labute approximate surface area is 128 Å². The molecule has 1 aromatic carbocycles. The molecule has 3 heteroatoms. The van der Waals surface area contributed by atoms with Crippen LogP contribution in [-0.2, 0) is 11.2 Å². The molecular weight excluding hydrogens is 260 g/mol. The maximum atomic E-state index is 5.22. The van der Waals surface area contributed by atoms with E-state index < -0.39 is 0 Å². The molecule has 0 aromatic heterocycles. The molecule has 2 aliphatic rings.